The third kappa shape index (κ3) is 5.79. The van der Waals surface area contributed by atoms with Gasteiger partial charge < -0.3 is 0 Å². The summed E-state index contributed by atoms with van der Waals surface area (Å²) in [7, 11) is 4.26. The molecule has 0 aromatic carbocycles. The van der Waals surface area contributed by atoms with E-state index in [-0.39, 0.29) is 0 Å². The van der Waals surface area contributed by atoms with Gasteiger partial charge in [0, 0.05) is 104 Å². The van der Waals surface area contributed by atoms with E-state index in [0.29, 0.717) is 0 Å². The van der Waals surface area contributed by atoms with Crippen LogP contribution in [0.2, 0.25) is 0 Å². The van der Waals surface area contributed by atoms with E-state index in [0.717, 1.165) is 19.5 Å². The SMILES string of the molecule is Cc1cc(Cc2cc(C)[n+](C[n+]3c(C)cc(Cc4cc(C)[n+](C)c(C)c4)cc3C)c(C)c2)cc(C)[n+]1C. The van der Waals surface area contributed by atoms with E-state index in [9.17, 15) is 0 Å². The van der Waals surface area contributed by atoms with E-state index in [1.54, 1.807) is 0 Å². The minimum absolute atomic E-state index is 0.828. The van der Waals surface area contributed by atoms with Gasteiger partial charge in [0.2, 0.25) is 0 Å². The Balaban J connectivity index is 1.57. The molecule has 4 rings (SSSR count). The molecule has 4 nitrogen and oxygen atoms in total. The number of rotatable bonds is 6. The highest BCUT2D eigenvalue weighted by atomic mass is 15.2. The molecule has 0 bridgehead atoms. The van der Waals surface area contributed by atoms with Crippen molar-refractivity contribution in [3.05, 3.63) is 116 Å². The number of aryl methyl sites for hydroxylation is 8. The van der Waals surface area contributed by atoms with Crippen LogP contribution < -0.4 is 18.3 Å². The van der Waals surface area contributed by atoms with E-state index in [4.69, 9.17) is 0 Å². The molecule has 4 heteroatoms. The predicted molar refractivity (Wildman–Crippen MR) is 147 cm³/mol. The summed E-state index contributed by atoms with van der Waals surface area (Å²) < 4.78 is 9.34. The first-order valence-electron chi connectivity index (χ1n) is 13.3. The zero-order valence-electron chi connectivity index (χ0n) is 24.5. The Kier molecular flexibility index (Phi) is 7.59. The normalized spacial score (nSPS) is 11.3. The van der Waals surface area contributed by atoms with Gasteiger partial charge in [-0.2, -0.15) is 0 Å². The first-order valence-corrected chi connectivity index (χ1v) is 13.3. The van der Waals surface area contributed by atoms with Crippen LogP contribution in [0.1, 0.15) is 67.8 Å². The summed E-state index contributed by atoms with van der Waals surface area (Å²) in [4.78, 5) is 0. The van der Waals surface area contributed by atoms with Crippen molar-refractivity contribution in [1.82, 2.24) is 0 Å². The predicted octanol–water partition coefficient (Wildman–Crippen LogP) is 4.07. The Hall–Kier alpha value is -3.40. The minimum atomic E-state index is 0.828. The Morgan fingerprint density at radius 1 is 0.378 bits per heavy atom. The van der Waals surface area contributed by atoms with E-state index < -0.39 is 0 Å². The maximum Gasteiger partial charge on any atom is 0.344 e. The highest BCUT2D eigenvalue weighted by Gasteiger charge is 2.22. The number of hydrogen-bond donors (Lipinski definition) is 0. The second kappa shape index (κ2) is 10.5. The highest BCUT2D eigenvalue weighted by molar-refractivity contribution is 5.28. The maximum atomic E-state index is 2.43. The lowest BCUT2D eigenvalue weighted by atomic mass is 10.0. The highest BCUT2D eigenvalue weighted by Crippen LogP contribution is 2.14. The third-order valence-corrected chi connectivity index (χ3v) is 8.07. The second-order valence-electron chi connectivity index (χ2n) is 11.1. The molecule has 0 aliphatic rings. The standard InChI is InChI=1S/C33H44N4/c1-22-11-30(12-23(2)34(22)9)19-32-15-26(5)36(27(6)16-32)21-37-28(7)17-33(18-29(37)8)20-31-13-24(3)35(10)25(4)14-31/h11-18H,19-21H2,1-10H3/q+4. The molecule has 0 saturated carbocycles. The van der Waals surface area contributed by atoms with Gasteiger partial charge in [-0.25, -0.2) is 9.13 Å². The van der Waals surface area contributed by atoms with Crippen LogP contribution in [0.4, 0.5) is 0 Å². The molecule has 37 heavy (non-hydrogen) atoms. The van der Waals surface area contributed by atoms with Crippen molar-refractivity contribution in [2.75, 3.05) is 0 Å². The molecule has 4 heterocycles. The van der Waals surface area contributed by atoms with Crippen LogP contribution in [-0.4, -0.2) is 0 Å². The molecule has 0 N–H and O–H groups in total. The summed E-state index contributed by atoms with van der Waals surface area (Å²) in [6.45, 7) is 18.5. The largest absolute Gasteiger partial charge is 0.344 e. The number of pyridine rings is 4. The Morgan fingerprint density at radius 3 is 0.838 bits per heavy atom. The summed E-state index contributed by atoms with van der Waals surface area (Å²) >= 11 is 0. The number of hydrogen-bond acceptors (Lipinski definition) is 0. The average molecular weight is 497 g/mol. The van der Waals surface area contributed by atoms with E-state index >= 15 is 0 Å². The quantitative estimate of drug-likeness (QED) is 0.358. The van der Waals surface area contributed by atoms with Gasteiger partial charge >= 0.3 is 6.67 Å². The van der Waals surface area contributed by atoms with Crippen molar-refractivity contribution in [3.8, 4) is 0 Å². The Labute approximate surface area is 223 Å². The Morgan fingerprint density at radius 2 is 0.595 bits per heavy atom. The van der Waals surface area contributed by atoms with Crippen molar-refractivity contribution in [2.45, 2.75) is 74.9 Å². The maximum absolute atomic E-state index is 2.43. The van der Waals surface area contributed by atoms with Gasteiger partial charge in [0.1, 0.15) is 14.1 Å². The second-order valence-corrected chi connectivity index (χ2v) is 11.1. The molecular formula is C33H44N4+4. The summed E-state index contributed by atoms with van der Waals surface area (Å²) in [6.07, 6.45) is 1.92. The first kappa shape index (κ1) is 26.7. The van der Waals surface area contributed by atoms with Crippen LogP contribution in [0.5, 0.6) is 0 Å². The van der Waals surface area contributed by atoms with Crippen LogP contribution >= 0.6 is 0 Å². The zero-order valence-corrected chi connectivity index (χ0v) is 24.5. The monoisotopic (exact) mass is 496 g/mol. The molecule has 0 spiro atoms. The smallest absolute Gasteiger partial charge is 0.203 e. The minimum Gasteiger partial charge on any atom is -0.203 e. The summed E-state index contributed by atoms with van der Waals surface area (Å²) in [5, 5.41) is 0. The van der Waals surface area contributed by atoms with Gasteiger partial charge in [0.05, 0.1) is 0 Å². The van der Waals surface area contributed by atoms with Gasteiger partial charge in [-0.1, -0.05) is 0 Å². The summed E-state index contributed by atoms with van der Waals surface area (Å²) in [5.41, 5.74) is 15.9. The van der Waals surface area contributed by atoms with Crippen LogP contribution in [0.3, 0.4) is 0 Å². The molecule has 0 aliphatic carbocycles. The number of aromatic nitrogens is 4. The summed E-state index contributed by atoms with van der Waals surface area (Å²) in [5.74, 6) is 0. The number of nitrogens with zero attached hydrogens (tertiary/aromatic N) is 4. The van der Waals surface area contributed by atoms with Crippen LogP contribution in [-0.2, 0) is 33.6 Å². The molecule has 0 fully saturated rings. The van der Waals surface area contributed by atoms with E-state index in [1.165, 1.54) is 67.8 Å². The molecular weight excluding hydrogens is 452 g/mol. The fourth-order valence-corrected chi connectivity index (χ4v) is 5.59. The lowest BCUT2D eigenvalue weighted by Crippen LogP contribution is -2.57. The molecule has 0 saturated heterocycles. The van der Waals surface area contributed by atoms with Gasteiger partial charge in [0.15, 0.2) is 45.6 Å². The topological polar surface area (TPSA) is 15.5 Å². The van der Waals surface area contributed by atoms with Crippen molar-refractivity contribution in [2.24, 2.45) is 14.1 Å². The third-order valence-electron chi connectivity index (χ3n) is 8.07. The Bertz CT molecular complexity index is 1290. The molecule has 0 atom stereocenters. The first-order chi connectivity index (χ1) is 17.4. The van der Waals surface area contributed by atoms with E-state index in [2.05, 4.69) is 136 Å². The van der Waals surface area contributed by atoms with Crippen molar-refractivity contribution in [1.29, 1.82) is 0 Å². The van der Waals surface area contributed by atoms with Crippen LogP contribution in [0.25, 0.3) is 0 Å². The molecule has 4 aromatic rings. The molecule has 0 radical (unpaired) electrons. The van der Waals surface area contributed by atoms with Crippen molar-refractivity contribution >= 4 is 0 Å². The molecule has 4 aromatic heterocycles. The van der Waals surface area contributed by atoms with Gasteiger partial charge in [-0.05, 0) is 35.1 Å². The van der Waals surface area contributed by atoms with Crippen LogP contribution in [0, 0.1) is 55.4 Å². The molecule has 0 aliphatic heterocycles. The summed E-state index contributed by atoms with van der Waals surface area (Å²) in [6, 6.07) is 18.6. The van der Waals surface area contributed by atoms with Gasteiger partial charge in [-0.3, -0.25) is 0 Å². The molecule has 0 amide bonds. The van der Waals surface area contributed by atoms with Crippen LogP contribution in [0.15, 0.2) is 48.5 Å². The average Bonchev–Trinajstić information content (AvgIpc) is 2.79. The van der Waals surface area contributed by atoms with E-state index in [1.807, 2.05) is 0 Å². The zero-order chi connectivity index (χ0) is 27.0. The van der Waals surface area contributed by atoms with Gasteiger partial charge in [-0.15, -0.1) is 9.13 Å². The van der Waals surface area contributed by atoms with Crippen molar-refractivity contribution in [3.63, 3.8) is 0 Å². The van der Waals surface area contributed by atoms with Crippen molar-refractivity contribution < 1.29 is 18.3 Å². The fourth-order valence-electron chi connectivity index (χ4n) is 5.59. The lowest BCUT2D eigenvalue weighted by Gasteiger charge is -2.10. The molecule has 0 unspecified atom stereocenters. The van der Waals surface area contributed by atoms with Gasteiger partial charge in [0.25, 0.3) is 0 Å². The fraction of sp³-hybridized carbons (Fsp3) is 0.394. The lowest BCUT2D eigenvalue weighted by molar-refractivity contribution is -0.921. The molecule has 192 valence electrons.